The maximum atomic E-state index is 12.9. The van der Waals surface area contributed by atoms with E-state index in [1.165, 1.54) is 28.8 Å². The second-order valence-corrected chi connectivity index (χ2v) is 7.97. The maximum Gasteiger partial charge on any atom is 0.416 e. The maximum absolute atomic E-state index is 12.9. The Morgan fingerprint density at radius 1 is 0.964 bits per heavy atom. The summed E-state index contributed by atoms with van der Waals surface area (Å²) in [6.45, 7) is 10.8. The third kappa shape index (κ3) is 5.07. The lowest BCUT2D eigenvalue weighted by Crippen LogP contribution is -2.47. The number of piperazine rings is 1. The number of anilines is 1. The Balaban J connectivity index is 1.54. The first-order chi connectivity index (χ1) is 13.2. The molecule has 0 saturated carbocycles. The second-order valence-electron chi connectivity index (χ2n) is 7.97. The van der Waals surface area contributed by atoms with Crippen LogP contribution in [-0.2, 0) is 12.6 Å². The number of halogens is 3. The lowest BCUT2D eigenvalue weighted by atomic mass is 9.95. The molecule has 0 N–H and O–H groups in total. The van der Waals surface area contributed by atoms with Crippen LogP contribution in [-0.4, -0.2) is 37.6 Å². The van der Waals surface area contributed by atoms with E-state index < -0.39 is 11.7 Å². The van der Waals surface area contributed by atoms with Crippen LogP contribution in [0.2, 0.25) is 0 Å². The summed E-state index contributed by atoms with van der Waals surface area (Å²) < 4.78 is 38.8. The average molecular weight is 390 g/mol. The lowest BCUT2D eigenvalue weighted by molar-refractivity contribution is -0.137. The van der Waals surface area contributed by atoms with Crippen molar-refractivity contribution >= 4 is 5.69 Å². The van der Waals surface area contributed by atoms with Crippen LogP contribution in [0.5, 0.6) is 0 Å². The first-order valence-electron chi connectivity index (χ1n) is 9.98. The fourth-order valence-electron chi connectivity index (χ4n) is 3.86. The molecule has 0 radical (unpaired) electrons. The van der Waals surface area contributed by atoms with Crippen molar-refractivity contribution in [2.75, 3.05) is 37.6 Å². The quantitative estimate of drug-likeness (QED) is 0.665. The molecule has 0 aromatic heterocycles. The van der Waals surface area contributed by atoms with E-state index in [1.807, 2.05) is 0 Å². The van der Waals surface area contributed by atoms with Crippen LogP contribution in [0.1, 0.15) is 42.0 Å². The van der Waals surface area contributed by atoms with Crippen LogP contribution >= 0.6 is 0 Å². The molecule has 1 heterocycles. The van der Waals surface area contributed by atoms with Crippen molar-refractivity contribution in [1.82, 2.24) is 4.90 Å². The van der Waals surface area contributed by atoms with E-state index in [0.29, 0.717) is 11.6 Å². The number of nitrogens with zero attached hydrogens (tertiary/aromatic N) is 2. The van der Waals surface area contributed by atoms with Gasteiger partial charge in [-0.15, -0.1) is 0 Å². The molecule has 0 spiro atoms. The van der Waals surface area contributed by atoms with Gasteiger partial charge in [0.25, 0.3) is 0 Å². The van der Waals surface area contributed by atoms with E-state index in [4.69, 9.17) is 0 Å². The zero-order valence-electron chi connectivity index (χ0n) is 16.9. The van der Waals surface area contributed by atoms with E-state index >= 15 is 0 Å². The Hall–Kier alpha value is -2.01. The molecule has 28 heavy (non-hydrogen) atoms. The summed E-state index contributed by atoms with van der Waals surface area (Å²) in [5.41, 5.74) is 4.19. The molecule has 152 valence electrons. The summed E-state index contributed by atoms with van der Waals surface area (Å²) in [6.07, 6.45) is -3.29. The van der Waals surface area contributed by atoms with Gasteiger partial charge in [-0.25, -0.2) is 0 Å². The predicted molar refractivity (Wildman–Crippen MR) is 109 cm³/mol. The summed E-state index contributed by atoms with van der Waals surface area (Å²) in [5.74, 6) is 0.524. The third-order valence-corrected chi connectivity index (χ3v) is 5.59. The van der Waals surface area contributed by atoms with E-state index in [2.05, 4.69) is 48.8 Å². The van der Waals surface area contributed by atoms with Gasteiger partial charge in [0.05, 0.1) is 5.56 Å². The van der Waals surface area contributed by atoms with Crippen molar-refractivity contribution in [3.63, 3.8) is 0 Å². The molecule has 1 aliphatic heterocycles. The van der Waals surface area contributed by atoms with Crippen LogP contribution in [0.4, 0.5) is 18.9 Å². The van der Waals surface area contributed by atoms with E-state index in [9.17, 15) is 13.2 Å². The molecule has 0 aliphatic carbocycles. The molecule has 0 amide bonds. The minimum Gasteiger partial charge on any atom is -0.369 e. The SMILES string of the molecule is Cc1ccc(CCN2CCN(c3cccc(C(F)(F)F)c3)CC2)cc1C(C)C. The summed E-state index contributed by atoms with van der Waals surface area (Å²) >= 11 is 0. The van der Waals surface area contributed by atoms with Crippen LogP contribution in [0.3, 0.4) is 0 Å². The molecule has 1 aliphatic rings. The fraction of sp³-hybridized carbons (Fsp3) is 0.478. The fourth-order valence-corrected chi connectivity index (χ4v) is 3.86. The standard InChI is InChI=1S/C23H29F3N2/c1-17(2)22-15-19(8-7-18(22)3)9-10-27-11-13-28(14-12-27)21-6-4-5-20(16-21)23(24,25)26/h4-8,15-17H,9-14H2,1-3H3. The average Bonchev–Trinajstić information content (AvgIpc) is 2.67. The molecule has 2 aromatic rings. The van der Waals surface area contributed by atoms with Crippen molar-refractivity contribution in [3.8, 4) is 0 Å². The first kappa shape index (κ1) is 20.7. The normalized spacial score (nSPS) is 16.0. The highest BCUT2D eigenvalue weighted by Crippen LogP contribution is 2.32. The van der Waals surface area contributed by atoms with Crippen molar-refractivity contribution in [1.29, 1.82) is 0 Å². The third-order valence-electron chi connectivity index (χ3n) is 5.59. The minimum absolute atomic E-state index is 0.524. The Morgan fingerprint density at radius 2 is 1.68 bits per heavy atom. The highest BCUT2D eigenvalue weighted by atomic mass is 19.4. The number of aryl methyl sites for hydroxylation is 1. The molecule has 0 atom stereocenters. The number of hydrogen-bond acceptors (Lipinski definition) is 2. The van der Waals surface area contributed by atoms with Gasteiger partial charge in [-0.2, -0.15) is 13.2 Å². The van der Waals surface area contributed by atoms with Crippen LogP contribution in [0, 0.1) is 6.92 Å². The smallest absolute Gasteiger partial charge is 0.369 e. The highest BCUT2D eigenvalue weighted by Gasteiger charge is 2.31. The van der Waals surface area contributed by atoms with Gasteiger partial charge < -0.3 is 4.90 Å². The summed E-state index contributed by atoms with van der Waals surface area (Å²) in [4.78, 5) is 4.45. The summed E-state index contributed by atoms with van der Waals surface area (Å²) in [6, 6.07) is 12.4. The van der Waals surface area contributed by atoms with E-state index in [0.717, 1.165) is 45.2 Å². The van der Waals surface area contributed by atoms with Crippen molar-refractivity contribution in [2.45, 2.75) is 39.3 Å². The largest absolute Gasteiger partial charge is 0.416 e. The molecule has 1 saturated heterocycles. The Morgan fingerprint density at radius 3 is 2.32 bits per heavy atom. The summed E-state index contributed by atoms with van der Waals surface area (Å²) in [5, 5.41) is 0. The zero-order valence-corrected chi connectivity index (χ0v) is 16.9. The van der Waals surface area contributed by atoms with Gasteiger partial charge in [0, 0.05) is 38.4 Å². The Kier molecular flexibility index (Phi) is 6.33. The van der Waals surface area contributed by atoms with Gasteiger partial charge in [0.1, 0.15) is 0 Å². The molecule has 3 rings (SSSR count). The van der Waals surface area contributed by atoms with Gasteiger partial charge in [-0.3, -0.25) is 4.90 Å². The molecule has 2 nitrogen and oxygen atoms in total. The number of benzene rings is 2. The Bertz CT molecular complexity index is 791. The molecule has 5 heteroatoms. The van der Waals surface area contributed by atoms with Crippen molar-refractivity contribution < 1.29 is 13.2 Å². The molecular weight excluding hydrogens is 361 g/mol. The first-order valence-corrected chi connectivity index (χ1v) is 9.98. The lowest BCUT2D eigenvalue weighted by Gasteiger charge is -2.36. The minimum atomic E-state index is -4.29. The van der Waals surface area contributed by atoms with E-state index in [1.54, 1.807) is 6.07 Å². The van der Waals surface area contributed by atoms with Crippen LogP contribution < -0.4 is 4.90 Å². The molecular formula is C23H29F3N2. The molecule has 1 fully saturated rings. The van der Waals surface area contributed by atoms with Gasteiger partial charge in [0.15, 0.2) is 0 Å². The predicted octanol–water partition coefficient (Wildman–Crippen LogP) is 5.50. The number of alkyl halides is 3. The molecule has 0 unspecified atom stereocenters. The van der Waals surface area contributed by atoms with Gasteiger partial charge in [0.2, 0.25) is 0 Å². The molecule has 2 aromatic carbocycles. The van der Waals surface area contributed by atoms with Crippen LogP contribution in [0.15, 0.2) is 42.5 Å². The van der Waals surface area contributed by atoms with E-state index in [-0.39, 0.29) is 0 Å². The Labute approximate surface area is 166 Å². The van der Waals surface area contributed by atoms with Gasteiger partial charge in [-0.1, -0.05) is 38.1 Å². The van der Waals surface area contributed by atoms with Crippen molar-refractivity contribution in [2.24, 2.45) is 0 Å². The monoisotopic (exact) mass is 390 g/mol. The van der Waals surface area contributed by atoms with Gasteiger partial charge in [-0.05, 0) is 54.2 Å². The second kappa shape index (κ2) is 8.56. The topological polar surface area (TPSA) is 6.48 Å². The van der Waals surface area contributed by atoms with Gasteiger partial charge >= 0.3 is 6.18 Å². The highest BCUT2D eigenvalue weighted by molar-refractivity contribution is 5.49. The number of hydrogen-bond donors (Lipinski definition) is 0. The molecule has 0 bridgehead atoms. The van der Waals surface area contributed by atoms with Crippen molar-refractivity contribution in [3.05, 3.63) is 64.7 Å². The summed E-state index contributed by atoms with van der Waals surface area (Å²) in [7, 11) is 0. The van der Waals surface area contributed by atoms with Crippen LogP contribution in [0.25, 0.3) is 0 Å². The zero-order chi connectivity index (χ0) is 20.3. The number of rotatable bonds is 5.